The number of halogens is 4. The molecule has 0 radical (unpaired) electrons. The molecule has 0 saturated carbocycles. The van der Waals surface area contributed by atoms with Gasteiger partial charge < -0.3 is 19.8 Å². The quantitative estimate of drug-likeness (QED) is 0.123. The van der Waals surface area contributed by atoms with E-state index in [0.29, 0.717) is 22.8 Å². The zero-order valence-electron chi connectivity index (χ0n) is 28.6. The van der Waals surface area contributed by atoms with Crippen LogP contribution in [0.25, 0.3) is 22.5 Å². The monoisotopic (exact) mass is 877 g/mol. The molecule has 52 heavy (non-hydrogen) atoms. The van der Waals surface area contributed by atoms with Gasteiger partial charge >= 0.3 is 21.1 Å². The summed E-state index contributed by atoms with van der Waals surface area (Å²) in [6, 6.07) is 33.4. The predicted molar refractivity (Wildman–Crippen MR) is 193 cm³/mol. The molecule has 2 aromatic heterocycles. The first-order chi connectivity index (χ1) is 24.7. The molecule has 0 fully saturated rings. The van der Waals surface area contributed by atoms with Gasteiger partial charge in [0.2, 0.25) is 0 Å². The van der Waals surface area contributed by atoms with Crippen molar-refractivity contribution in [2.75, 3.05) is 22.9 Å². The van der Waals surface area contributed by atoms with E-state index >= 15 is 8.78 Å². The molecule has 0 N–H and O–H groups in total. The van der Waals surface area contributed by atoms with Crippen molar-refractivity contribution in [3.05, 3.63) is 155 Å². The topological polar surface area (TPSA) is 32.3 Å². The summed E-state index contributed by atoms with van der Waals surface area (Å²) in [6.45, 7) is 5.43. The summed E-state index contributed by atoms with van der Waals surface area (Å²) >= 11 is 0. The van der Waals surface area contributed by atoms with E-state index in [2.05, 4.69) is 46.2 Å². The summed E-state index contributed by atoms with van der Waals surface area (Å²) in [5.41, 5.74) is 7.07. The summed E-state index contributed by atoms with van der Waals surface area (Å²) in [5.74, 6) is -2.99. The summed E-state index contributed by atoms with van der Waals surface area (Å²) < 4.78 is 58.8. The Hall–Kier alpha value is -4.81. The molecule has 4 nitrogen and oxygen atoms in total. The number of rotatable bonds is 6. The average Bonchev–Trinajstić information content (AvgIpc) is 3.14. The van der Waals surface area contributed by atoms with Gasteiger partial charge in [-0.25, -0.2) is 0 Å². The van der Waals surface area contributed by atoms with Gasteiger partial charge in [0.15, 0.2) is 0 Å². The Kier molecular flexibility index (Phi) is 9.79. The van der Waals surface area contributed by atoms with Gasteiger partial charge in [0.1, 0.15) is 0 Å². The van der Waals surface area contributed by atoms with Gasteiger partial charge in [-0.05, 0) is 86.3 Å². The second-order valence-electron chi connectivity index (χ2n) is 13.7. The van der Waals surface area contributed by atoms with Gasteiger partial charge in [-0.2, -0.15) is 0 Å². The first kappa shape index (κ1) is 35.6. The second-order valence-corrected chi connectivity index (χ2v) is 13.7. The number of benzene rings is 4. The van der Waals surface area contributed by atoms with Crippen LogP contribution in [0.5, 0.6) is 0 Å². The molecule has 8 rings (SSSR count). The van der Waals surface area contributed by atoms with Crippen molar-refractivity contribution in [1.82, 2.24) is 9.97 Å². The Morgan fingerprint density at radius 2 is 1.02 bits per heavy atom. The zero-order valence-corrected chi connectivity index (χ0v) is 30.9. The molecule has 2 aliphatic heterocycles. The zero-order chi connectivity index (χ0) is 35.3. The van der Waals surface area contributed by atoms with Crippen LogP contribution < -0.4 is 9.80 Å². The van der Waals surface area contributed by atoms with E-state index in [1.54, 1.807) is 0 Å². The van der Waals surface area contributed by atoms with E-state index in [9.17, 15) is 8.78 Å². The van der Waals surface area contributed by atoms with E-state index in [1.165, 1.54) is 11.1 Å². The first-order valence-corrected chi connectivity index (χ1v) is 17.2. The number of aromatic nitrogens is 2. The Morgan fingerprint density at radius 3 is 1.44 bits per heavy atom. The van der Waals surface area contributed by atoms with Crippen molar-refractivity contribution in [3.63, 3.8) is 0 Å². The van der Waals surface area contributed by atoms with Crippen molar-refractivity contribution in [3.8, 4) is 22.5 Å². The van der Waals surface area contributed by atoms with Crippen LogP contribution in [-0.2, 0) is 39.3 Å². The van der Waals surface area contributed by atoms with Crippen LogP contribution in [0.4, 0.5) is 40.3 Å². The van der Waals surface area contributed by atoms with Crippen molar-refractivity contribution in [2.24, 2.45) is 0 Å². The SMILES string of the molecule is CC(C)(c1cc(N2CCCc3ccccc32)cc(-c2[c-]cc(F)cc2F)n1)c1cc(N2CCCc3ccccc32)cc(-c2[c-]cc(F)cc2F)n1.[Pt+2]. The van der Waals surface area contributed by atoms with Crippen LogP contribution >= 0.6 is 0 Å². The molecule has 0 saturated heterocycles. The van der Waals surface area contributed by atoms with Crippen molar-refractivity contribution in [1.29, 1.82) is 0 Å². The average molecular weight is 878 g/mol. The summed E-state index contributed by atoms with van der Waals surface area (Å²) in [6.07, 6.45) is 3.74. The minimum absolute atomic E-state index is 0. The van der Waals surface area contributed by atoms with Crippen LogP contribution in [0.15, 0.2) is 97.1 Å². The van der Waals surface area contributed by atoms with E-state index in [0.717, 1.165) is 85.8 Å². The van der Waals surface area contributed by atoms with Gasteiger partial charge in [0.25, 0.3) is 0 Å². The van der Waals surface area contributed by atoms with Gasteiger partial charge in [-0.1, -0.05) is 71.8 Å². The molecule has 0 bridgehead atoms. The molecule has 0 atom stereocenters. The molecule has 0 amide bonds. The standard InChI is InChI=1S/C43H34F4N4.Pt/c1-43(2,41-25-31(50-19-7-11-27-9-3-5-13-39(27)50)23-37(48-41)33-17-15-29(44)21-35(33)46)42-26-32(51-20-8-12-28-10-4-6-14-40(28)51)24-38(49-42)34-18-16-30(45)22-36(34)47;/h3-6,9-10,13-16,21-26H,7-8,11-12,19-20H2,1-2H3;/q-2;+2. The summed E-state index contributed by atoms with van der Waals surface area (Å²) in [7, 11) is 0. The van der Waals surface area contributed by atoms with E-state index < -0.39 is 28.7 Å². The minimum atomic E-state index is -0.923. The Morgan fingerprint density at radius 1 is 0.596 bits per heavy atom. The third kappa shape index (κ3) is 6.65. The summed E-state index contributed by atoms with van der Waals surface area (Å²) in [5, 5.41) is 0. The molecule has 0 unspecified atom stereocenters. The van der Waals surface area contributed by atoms with Crippen LogP contribution in [-0.4, -0.2) is 23.1 Å². The number of anilines is 4. The van der Waals surface area contributed by atoms with Crippen molar-refractivity contribution < 1.29 is 38.6 Å². The van der Waals surface area contributed by atoms with E-state index in [-0.39, 0.29) is 32.2 Å². The second kappa shape index (κ2) is 14.3. The van der Waals surface area contributed by atoms with Gasteiger partial charge in [-0.3, -0.25) is 17.6 Å². The molecule has 9 heteroatoms. The molecule has 4 aromatic carbocycles. The third-order valence-electron chi connectivity index (χ3n) is 9.97. The summed E-state index contributed by atoms with van der Waals surface area (Å²) in [4.78, 5) is 14.4. The van der Waals surface area contributed by atoms with Gasteiger partial charge in [0.05, 0.1) is 0 Å². The Labute approximate surface area is 315 Å². The number of aryl methyl sites for hydroxylation is 2. The fraction of sp³-hybridized carbons (Fsp3) is 0.209. The number of nitrogens with zero attached hydrogens (tertiary/aromatic N) is 4. The predicted octanol–water partition coefficient (Wildman–Crippen LogP) is 10.5. The van der Waals surface area contributed by atoms with E-state index in [1.807, 2.05) is 62.4 Å². The van der Waals surface area contributed by atoms with Crippen molar-refractivity contribution >= 4 is 22.7 Å². The normalized spacial score (nSPS) is 14.0. The first-order valence-electron chi connectivity index (χ1n) is 17.2. The number of hydrogen-bond donors (Lipinski definition) is 0. The number of hydrogen-bond acceptors (Lipinski definition) is 4. The Bertz CT molecular complexity index is 2130. The molecule has 0 aliphatic carbocycles. The third-order valence-corrected chi connectivity index (χ3v) is 9.97. The molecule has 2 aliphatic rings. The smallest absolute Gasteiger partial charge is 0.342 e. The molecule has 4 heterocycles. The fourth-order valence-electron chi connectivity index (χ4n) is 7.26. The molecule has 0 spiro atoms. The minimum Gasteiger partial charge on any atom is -0.342 e. The molecular weight excluding hydrogens is 844 g/mol. The number of para-hydroxylation sites is 2. The van der Waals surface area contributed by atoms with Gasteiger partial charge in [-0.15, -0.1) is 24.3 Å². The maximum Gasteiger partial charge on any atom is 2.00 e. The van der Waals surface area contributed by atoms with E-state index in [4.69, 9.17) is 9.97 Å². The molecule has 264 valence electrons. The maximum absolute atomic E-state index is 15.4. The fourth-order valence-corrected chi connectivity index (χ4v) is 7.26. The van der Waals surface area contributed by atoms with Crippen LogP contribution in [0.3, 0.4) is 0 Å². The van der Waals surface area contributed by atoms with Crippen LogP contribution in [0, 0.1) is 35.4 Å². The van der Waals surface area contributed by atoms with Crippen LogP contribution in [0.1, 0.15) is 49.2 Å². The number of pyridine rings is 2. The van der Waals surface area contributed by atoms with Crippen LogP contribution in [0.2, 0.25) is 0 Å². The number of fused-ring (bicyclic) bond motifs is 2. The van der Waals surface area contributed by atoms with Crippen molar-refractivity contribution in [2.45, 2.75) is 44.9 Å². The van der Waals surface area contributed by atoms with Gasteiger partial charge in [0, 0.05) is 75.9 Å². The Balaban J connectivity index is 0.00000420. The molecule has 6 aromatic rings. The largest absolute Gasteiger partial charge is 2.00 e. The molecular formula is C43H34F4N4Pt. The maximum atomic E-state index is 15.4.